The summed E-state index contributed by atoms with van der Waals surface area (Å²) in [5.74, 6) is -0.869. The number of methoxy groups -OCH3 is 1. The Hall–Kier alpha value is -2.04. The molecule has 29 heavy (non-hydrogen) atoms. The molecule has 10 heteroatoms. The topological polar surface area (TPSA) is 84.5 Å². The molecule has 0 aliphatic carbocycles. The number of nitrogens with one attached hydrogen (secondary N) is 2. The highest BCUT2D eigenvalue weighted by atomic mass is 35.5. The number of halogens is 2. The van der Waals surface area contributed by atoms with Gasteiger partial charge in [0.2, 0.25) is 10.0 Å². The molecule has 1 heterocycles. The largest absolute Gasteiger partial charge is 0.383 e. The van der Waals surface area contributed by atoms with Gasteiger partial charge in [0.15, 0.2) is 0 Å². The standard InChI is InChI=1S/C19H18ClFN2O4S2/c1-11(10-27-2)23-29(25,26)14-6-4-13(5-7-14)22-19(24)18-17(20)15-8-3-12(21)9-16(15)28-18/h3-9,11,23H,10H2,1-2H3,(H,22,24). The average molecular weight is 457 g/mol. The molecule has 2 aromatic carbocycles. The van der Waals surface area contributed by atoms with Crippen LogP contribution in [-0.2, 0) is 14.8 Å². The molecule has 6 nitrogen and oxygen atoms in total. The minimum Gasteiger partial charge on any atom is -0.383 e. The van der Waals surface area contributed by atoms with Gasteiger partial charge in [-0.25, -0.2) is 17.5 Å². The Kier molecular flexibility index (Phi) is 6.55. The fraction of sp³-hybridized carbons (Fsp3) is 0.211. The lowest BCUT2D eigenvalue weighted by Crippen LogP contribution is -2.35. The molecule has 154 valence electrons. The highest BCUT2D eigenvalue weighted by molar-refractivity contribution is 7.89. The van der Waals surface area contributed by atoms with Crippen LogP contribution in [0.3, 0.4) is 0 Å². The Balaban J connectivity index is 1.76. The van der Waals surface area contributed by atoms with Crippen molar-refractivity contribution in [2.24, 2.45) is 0 Å². The third kappa shape index (κ3) is 4.93. The molecule has 1 amide bonds. The SMILES string of the molecule is COCC(C)NS(=O)(=O)c1ccc(NC(=O)c2sc3cc(F)ccc3c2Cl)cc1. The summed E-state index contributed by atoms with van der Waals surface area (Å²) in [6.07, 6.45) is 0. The number of hydrogen-bond donors (Lipinski definition) is 2. The molecule has 3 aromatic rings. The summed E-state index contributed by atoms with van der Waals surface area (Å²) in [5.41, 5.74) is 0.401. The van der Waals surface area contributed by atoms with Gasteiger partial charge < -0.3 is 10.1 Å². The number of hydrogen-bond acceptors (Lipinski definition) is 5. The number of ether oxygens (including phenoxy) is 1. The summed E-state index contributed by atoms with van der Waals surface area (Å²) in [4.78, 5) is 12.9. The lowest BCUT2D eigenvalue weighted by Gasteiger charge is -2.13. The Bertz CT molecular complexity index is 1150. The molecule has 3 rings (SSSR count). The molecule has 0 saturated heterocycles. The number of sulfonamides is 1. The van der Waals surface area contributed by atoms with Crippen LogP contribution in [0.5, 0.6) is 0 Å². The van der Waals surface area contributed by atoms with E-state index in [2.05, 4.69) is 10.0 Å². The second-order valence-corrected chi connectivity index (χ2v) is 9.49. The molecule has 0 spiro atoms. The van der Waals surface area contributed by atoms with Crippen molar-refractivity contribution in [2.75, 3.05) is 19.0 Å². The van der Waals surface area contributed by atoms with Crippen molar-refractivity contribution in [2.45, 2.75) is 17.9 Å². The van der Waals surface area contributed by atoms with E-state index in [4.69, 9.17) is 16.3 Å². The highest BCUT2D eigenvalue weighted by Crippen LogP contribution is 2.36. The Morgan fingerprint density at radius 2 is 1.93 bits per heavy atom. The zero-order chi connectivity index (χ0) is 21.2. The summed E-state index contributed by atoms with van der Waals surface area (Å²) in [5, 5.41) is 3.52. The quantitative estimate of drug-likeness (QED) is 0.556. The van der Waals surface area contributed by atoms with E-state index in [-0.39, 0.29) is 27.4 Å². The first kappa shape index (κ1) is 21.7. The van der Waals surface area contributed by atoms with Gasteiger partial charge in [-0.3, -0.25) is 4.79 Å². The number of carbonyl (C=O) groups excluding carboxylic acids is 1. The van der Waals surface area contributed by atoms with Gasteiger partial charge in [0.1, 0.15) is 10.7 Å². The molecule has 0 aliphatic heterocycles. The van der Waals surface area contributed by atoms with E-state index < -0.39 is 21.7 Å². The molecular formula is C19H18ClFN2O4S2. The summed E-state index contributed by atoms with van der Waals surface area (Å²) >= 11 is 7.34. The average Bonchev–Trinajstić information content (AvgIpc) is 2.98. The number of rotatable bonds is 7. The van der Waals surface area contributed by atoms with E-state index in [1.807, 2.05) is 0 Å². The van der Waals surface area contributed by atoms with Gasteiger partial charge in [-0.05, 0) is 49.4 Å². The maximum atomic E-state index is 13.4. The molecule has 0 aliphatic rings. The zero-order valence-corrected chi connectivity index (χ0v) is 17.9. The third-order valence-corrected chi connectivity index (χ3v) is 7.25. The van der Waals surface area contributed by atoms with Gasteiger partial charge in [-0.2, -0.15) is 0 Å². The minimum absolute atomic E-state index is 0.0637. The third-order valence-electron chi connectivity index (χ3n) is 3.99. The molecule has 2 N–H and O–H groups in total. The predicted octanol–water partition coefficient (Wildman–Crippen LogP) is 4.26. The number of amides is 1. The lowest BCUT2D eigenvalue weighted by atomic mass is 10.2. The van der Waals surface area contributed by atoms with Gasteiger partial charge in [0.05, 0.1) is 16.5 Å². The Morgan fingerprint density at radius 3 is 2.59 bits per heavy atom. The number of benzene rings is 2. The van der Waals surface area contributed by atoms with Crippen LogP contribution in [0, 0.1) is 5.82 Å². The zero-order valence-electron chi connectivity index (χ0n) is 15.5. The van der Waals surface area contributed by atoms with Crippen molar-refractivity contribution < 1.29 is 22.3 Å². The van der Waals surface area contributed by atoms with Crippen molar-refractivity contribution in [1.82, 2.24) is 4.72 Å². The molecule has 1 atom stereocenters. The number of fused-ring (bicyclic) bond motifs is 1. The molecule has 1 aromatic heterocycles. The van der Waals surface area contributed by atoms with Crippen LogP contribution >= 0.6 is 22.9 Å². The van der Waals surface area contributed by atoms with Crippen LogP contribution in [0.25, 0.3) is 10.1 Å². The smallest absolute Gasteiger partial charge is 0.267 e. The summed E-state index contributed by atoms with van der Waals surface area (Å²) in [6, 6.07) is 9.48. The van der Waals surface area contributed by atoms with Crippen molar-refractivity contribution in [3.63, 3.8) is 0 Å². The molecular weight excluding hydrogens is 439 g/mol. The van der Waals surface area contributed by atoms with Crippen LogP contribution in [0.1, 0.15) is 16.6 Å². The van der Waals surface area contributed by atoms with E-state index in [0.29, 0.717) is 15.8 Å². The maximum Gasteiger partial charge on any atom is 0.267 e. The van der Waals surface area contributed by atoms with Gasteiger partial charge in [0.25, 0.3) is 5.91 Å². The first-order chi connectivity index (χ1) is 13.7. The monoisotopic (exact) mass is 456 g/mol. The van der Waals surface area contributed by atoms with Gasteiger partial charge in [-0.1, -0.05) is 11.6 Å². The van der Waals surface area contributed by atoms with Crippen LogP contribution in [0.4, 0.5) is 10.1 Å². The lowest BCUT2D eigenvalue weighted by molar-refractivity contribution is 0.103. The molecule has 0 fully saturated rings. The Labute approximate surface area is 176 Å². The molecule has 1 unspecified atom stereocenters. The molecule has 0 saturated carbocycles. The molecule has 0 radical (unpaired) electrons. The fourth-order valence-corrected chi connectivity index (χ4v) is 5.37. The maximum absolute atomic E-state index is 13.4. The second kappa shape index (κ2) is 8.76. The van der Waals surface area contributed by atoms with Crippen LogP contribution in [-0.4, -0.2) is 34.1 Å². The number of thiophene rings is 1. The summed E-state index contributed by atoms with van der Waals surface area (Å²) in [7, 11) is -2.22. The number of carbonyl (C=O) groups is 1. The first-order valence-electron chi connectivity index (χ1n) is 8.51. The fourth-order valence-electron chi connectivity index (χ4n) is 2.71. The van der Waals surface area contributed by atoms with Crippen molar-refractivity contribution >= 4 is 54.6 Å². The van der Waals surface area contributed by atoms with E-state index in [0.717, 1.165) is 11.3 Å². The van der Waals surface area contributed by atoms with E-state index in [9.17, 15) is 17.6 Å². The minimum atomic E-state index is -3.70. The molecule has 0 bridgehead atoms. The van der Waals surface area contributed by atoms with Crippen molar-refractivity contribution in [3.8, 4) is 0 Å². The van der Waals surface area contributed by atoms with Crippen molar-refractivity contribution in [1.29, 1.82) is 0 Å². The Morgan fingerprint density at radius 1 is 1.24 bits per heavy atom. The summed E-state index contributed by atoms with van der Waals surface area (Å²) < 4.78 is 46.1. The van der Waals surface area contributed by atoms with Crippen molar-refractivity contribution in [3.05, 3.63) is 58.2 Å². The predicted molar refractivity (Wildman–Crippen MR) is 113 cm³/mol. The van der Waals surface area contributed by atoms with E-state index in [1.165, 1.54) is 49.6 Å². The number of anilines is 1. The second-order valence-electron chi connectivity index (χ2n) is 6.34. The normalized spacial score (nSPS) is 12.8. The van der Waals surface area contributed by atoms with Crippen LogP contribution in [0.2, 0.25) is 5.02 Å². The first-order valence-corrected chi connectivity index (χ1v) is 11.2. The van der Waals surface area contributed by atoms with Crippen LogP contribution in [0.15, 0.2) is 47.4 Å². The summed E-state index contributed by atoms with van der Waals surface area (Å²) in [6.45, 7) is 1.93. The van der Waals surface area contributed by atoms with Gasteiger partial charge >= 0.3 is 0 Å². The highest BCUT2D eigenvalue weighted by Gasteiger charge is 2.19. The van der Waals surface area contributed by atoms with E-state index in [1.54, 1.807) is 6.92 Å². The van der Waals surface area contributed by atoms with Crippen LogP contribution < -0.4 is 10.0 Å². The van der Waals surface area contributed by atoms with E-state index >= 15 is 0 Å². The van der Waals surface area contributed by atoms with Gasteiger partial charge in [0, 0.05) is 28.9 Å². The van der Waals surface area contributed by atoms with Gasteiger partial charge in [-0.15, -0.1) is 11.3 Å².